The summed E-state index contributed by atoms with van der Waals surface area (Å²) in [6.45, 7) is 0.491. The second kappa shape index (κ2) is 12.0. The van der Waals surface area contributed by atoms with E-state index in [4.69, 9.17) is 0 Å². The van der Waals surface area contributed by atoms with Crippen molar-refractivity contribution < 1.29 is 0 Å². The molecule has 3 nitrogen and oxygen atoms in total. The molecule has 8 aliphatic rings. The van der Waals surface area contributed by atoms with Gasteiger partial charge in [-0.3, -0.25) is 0 Å². The summed E-state index contributed by atoms with van der Waals surface area (Å²) in [7, 11) is 0. The number of fused-ring (bicyclic) bond motifs is 4. The SMILES string of the molecule is C1=CCC(N(C2=CCC3B4c5c(cccc5N(C5=CCCCC5)C5CCC=CC45)N(C4=CCCC=C4)C3=C2)C2C=CC=CC2)C=C1. The van der Waals surface area contributed by atoms with Crippen LogP contribution in [0.1, 0.15) is 70.6 Å². The molecule has 6 aliphatic carbocycles. The number of nitrogens with zero attached hydrogens (tertiary/aromatic N) is 3. The van der Waals surface area contributed by atoms with Crippen molar-refractivity contribution >= 4 is 23.6 Å². The van der Waals surface area contributed by atoms with Crippen LogP contribution >= 0.6 is 0 Å². The summed E-state index contributed by atoms with van der Waals surface area (Å²) < 4.78 is 0. The van der Waals surface area contributed by atoms with E-state index in [0.717, 1.165) is 32.1 Å². The van der Waals surface area contributed by atoms with Crippen LogP contribution in [0.3, 0.4) is 0 Å². The summed E-state index contributed by atoms with van der Waals surface area (Å²) in [5.74, 6) is 0.984. The van der Waals surface area contributed by atoms with Crippen LogP contribution in [0.25, 0.3) is 0 Å². The first-order valence-corrected chi connectivity index (χ1v) is 18.2. The highest BCUT2D eigenvalue weighted by Gasteiger charge is 2.53. The lowest BCUT2D eigenvalue weighted by Gasteiger charge is -2.55. The van der Waals surface area contributed by atoms with Gasteiger partial charge in [0, 0.05) is 40.2 Å². The molecule has 2 aliphatic heterocycles. The molecule has 46 heavy (non-hydrogen) atoms. The van der Waals surface area contributed by atoms with Crippen LogP contribution in [0.5, 0.6) is 0 Å². The molecule has 232 valence electrons. The minimum atomic E-state index is 0.369. The molecule has 1 aromatic carbocycles. The average molecular weight is 604 g/mol. The van der Waals surface area contributed by atoms with Crippen LogP contribution < -0.4 is 15.3 Å². The van der Waals surface area contributed by atoms with Gasteiger partial charge < -0.3 is 14.7 Å². The van der Waals surface area contributed by atoms with Gasteiger partial charge in [0.1, 0.15) is 0 Å². The van der Waals surface area contributed by atoms with Crippen LogP contribution in [0.15, 0.2) is 138 Å². The minimum absolute atomic E-state index is 0.369. The largest absolute Gasteiger partial charge is 0.358 e. The third-order valence-electron chi connectivity index (χ3n) is 11.8. The van der Waals surface area contributed by atoms with Gasteiger partial charge in [0.05, 0.1) is 12.1 Å². The molecule has 0 saturated heterocycles. The summed E-state index contributed by atoms with van der Waals surface area (Å²) in [6, 6.07) is 8.54. The van der Waals surface area contributed by atoms with E-state index in [1.54, 1.807) is 11.2 Å². The third-order valence-corrected chi connectivity index (χ3v) is 11.8. The molecule has 0 spiro atoms. The average Bonchev–Trinajstić information content (AvgIpc) is 3.13. The highest BCUT2D eigenvalue weighted by Crippen LogP contribution is 2.54. The fourth-order valence-electron chi connectivity index (χ4n) is 9.83. The van der Waals surface area contributed by atoms with Crippen molar-refractivity contribution in [1.29, 1.82) is 0 Å². The fourth-order valence-corrected chi connectivity index (χ4v) is 9.83. The van der Waals surface area contributed by atoms with Gasteiger partial charge in [-0.2, -0.15) is 0 Å². The molecule has 0 amide bonds. The van der Waals surface area contributed by atoms with E-state index in [2.05, 4.69) is 130 Å². The Bertz CT molecular complexity index is 1660. The van der Waals surface area contributed by atoms with Gasteiger partial charge in [0.15, 0.2) is 6.71 Å². The van der Waals surface area contributed by atoms with Crippen molar-refractivity contribution in [3.05, 3.63) is 138 Å². The van der Waals surface area contributed by atoms with Crippen LogP contribution in [-0.4, -0.2) is 29.7 Å². The number of benzene rings is 1. The maximum Gasteiger partial charge on any atom is 0.200 e. The van der Waals surface area contributed by atoms with Crippen LogP contribution in [0.4, 0.5) is 11.4 Å². The molecule has 4 heteroatoms. The van der Waals surface area contributed by atoms with Crippen LogP contribution in [0.2, 0.25) is 11.6 Å². The van der Waals surface area contributed by atoms with Crippen molar-refractivity contribution in [3.8, 4) is 0 Å². The first kappa shape index (κ1) is 28.3. The van der Waals surface area contributed by atoms with Crippen LogP contribution in [0, 0.1) is 0 Å². The first-order chi connectivity index (χ1) is 22.9. The third kappa shape index (κ3) is 4.70. The number of hydrogen-bond donors (Lipinski definition) is 0. The minimum Gasteiger partial charge on any atom is -0.358 e. The Morgan fingerprint density at radius 2 is 1.59 bits per heavy atom. The predicted octanol–water partition coefficient (Wildman–Crippen LogP) is 9.42. The van der Waals surface area contributed by atoms with Gasteiger partial charge in [-0.15, -0.1) is 0 Å². The van der Waals surface area contributed by atoms with E-state index in [-0.39, 0.29) is 0 Å². The summed E-state index contributed by atoms with van der Waals surface area (Å²) in [6.07, 6.45) is 51.6. The Morgan fingerprint density at radius 3 is 2.33 bits per heavy atom. The first-order valence-electron chi connectivity index (χ1n) is 18.2. The van der Waals surface area contributed by atoms with Gasteiger partial charge in [0.25, 0.3) is 0 Å². The van der Waals surface area contributed by atoms with E-state index < -0.39 is 0 Å². The molecule has 0 bridgehead atoms. The fraction of sp³-hybridized carbons (Fsp3) is 0.381. The van der Waals surface area contributed by atoms with E-state index in [1.165, 1.54) is 67.0 Å². The standard InChI is InChI=1S/C42H46BN3/c1-5-16-31(17-6-1)44(32-18-7-2-8-19-32)35-28-29-37-41(30-35)46(34-22-11-4-12-23-34)40-27-15-26-39-42(40)43(37)36-24-13-14-25-38(36)45(39)33-20-9-3-10-21-33/h1-2,5-8,11,13,15-16,18,20,22-24,26-28,30-32,36-38H,3-4,9-10,12,14,17,19,21,25,29H2. The molecular weight excluding hydrogens is 557 g/mol. The lowest BCUT2D eigenvalue weighted by molar-refractivity contribution is 0.251. The van der Waals surface area contributed by atoms with Gasteiger partial charge >= 0.3 is 0 Å². The topological polar surface area (TPSA) is 9.72 Å². The second-order valence-electron chi connectivity index (χ2n) is 14.3. The molecule has 2 heterocycles. The summed E-state index contributed by atoms with van der Waals surface area (Å²) in [5.41, 5.74) is 10.3. The zero-order chi connectivity index (χ0) is 30.5. The van der Waals surface area contributed by atoms with Crippen molar-refractivity contribution in [3.63, 3.8) is 0 Å². The van der Waals surface area contributed by atoms with Crippen molar-refractivity contribution in [2.75, 3.05) is 9.80 Å². The highest BCUT2D eigenvalue weighted by atomic mass is 15.2. The van der Waals surface area contributed by atoms with Crippen molar-refractivity contribution in [1.82, 2.24) is 4.90 Å². The van der Waals surface area contributed by atoms with Crippen molar-refractivity contribution in [2.24, 2.45) is 0 Å². The Morgan fingerprint density at radius 1 is 0.739 bits per heavy atom. The number of hydrogen-bond acceptors (Lipinski definition) is 3. The lowest BCUT2D eigenvalue weighted by Crippen LogP contribution is -2.61. The quantitative estimate of drug-likeness (QED) is 0.245. The molecule has 0 radical (unpaired) electrons. The molecule has 5 atom stereocenters. The maximum atomic E-state index is 2.83. The summed E-state index contributed by atoms with van der Waals surface area (Å²) in [4.78, 5) is 8.24. The maximum absolute atomic E-state index is 2.83. The second-order valence-corrected chi connectivity index (χ2v) is 14.3. The molecule has 0 saturated carbocycles. The van der Waals surface area contributed by atoms with Gasteiger partial charge in [0.2, 0.25) is 0 Å². The highest BCUT2D eigenvalue weighted by molar-refractivity contribution is 6.81. The monoisotopic (exact) mass is 603 g/mol. The smallest absolute Gasteiger partial charge is 0.200 e. The molecular formula is C42H46BN3. The summed E-state index contributed by atoms with van der Waals surface area (Å²) >= 11 is 0. The Hall–Kier alpha value is -3.92. The van der Waals surface area contributed by atoms with Gasteiger partial charge in [-0.05, 0) is 112 Å². The molecule has 0 fully saturated rings. The van der Waals surface area contributed by atoms with Crippen molar-refractivity contribution in [2.45, 2.75) is 100 Å². The van der Waals surface area contributed by atoms with Gasteiger partial charge in [-0.1, -0.05) is 91.1 Å². The zero-order valence-electron chi connectivity index (χ0n) is 27.1. The number of allylic oxidation sites excluding steroid dienone is 13. The summed E-state index contributed by atoms with van der Waals surface area (Å²) in [5, 5.41) is 0. The van der Waals surface area contributed by atoms with E-state index in [0.29, 0.717) is 36.5 Å². The number of anilines is 2. The Kier molecular flexibility index (Phi) is 7.40. The Labute approximate surface area is 276 Å². The van der Waals surface area contributed by atoms with E-state index in [1.807, 2.05) is 0 Å². The zero-order valence-corrected chi connectivity index (χ0v) is 27.1. The Balaban J connectivity index is 1.21. The van der Waals surface area contributed by atoms with Crippen LogP contribution in [-0.2, 0) is 0 Å². The van der Waals surface area contributed by atoms with E-state index in [9.17, 15) is 0 Å². The number of rotatable bonds is 5. The van der Waals surface area contributed by atoms with Gasteiger partial charge in [-0.25, -0.2) is 0 Å². The molecule has 9 rings (SSSR count). The van der Waals surface area contributed by atoms with E-state index >= 15 is 0 Å². The molecule has 5 unspecified atom stereocenters. The lowest BCUT2D eigenvalue weighted by atomic mass is 9.25. The molecule has 0 aromatic heterocycles. The predicted molar refractivity (Wildman–Crippen MR) is 195 cm³/mol. The normalized spacial score (nSPS) is 30.6. The molecule has 1 aromatic rings. The molecule has 0 N–H and O–H groups in total.